The number of benzene rings is 1. The fourth-order valence-corrected chi connectivity index (χ4v) is 3.50. The summed E-state index contributed by atoms with van der Waals surface area (Å²) in [5.41, 5.74) is -1.38. The molecule has 0 spiro atoms. The van der Waals surface area contributed by atoms with Crippen LogP contribution in [-0.4, -0.2) is 26.4 Å². The Balaban J connectivity index is 1.93. The quantitative estimate of drug-likeness (QED) is 0.692. The number of halogens is 2. The third kappa shape index (κ3) is 3.71. The fourth-order valence-electron chi connectivity index (χ4n) is 2.64. The Morgan fingerprint density at radius 3 is 2.85 bits per heavy atom. The van der Waals surface area contributed by atoms with E-state index < -0.39 is 17.2 Å². The van der Waals surface area contributed by atoms with E-state index in [1.165, 1.54) is 34.7 Å². The Labute approximate surface area is 152 Å². The van der Waals surface area contributed by atoms with Gasteiger partial charge >= 0.3 is 0 Å². The van der Waals surface area contributed by atoms with E-state index in [0.717, 1.165) is 17.0 Å². The van der Waals surface area contributed by atoms with Crippen molar-refractivity contribution >= 4 is 16.3 Å². The molecule has 0 aliphatic heterocycles. The van der Waals surface area contributed by atoms with Crippen molar-refractivity contribution in [3.8, 4) is 6.07 Å². The zero-order valence-corrected chi connectivity index (χ0v) is 14.6. The minimum absolute atomic E-state index is 0.0753. The van der Waals surface area contributed by atoms with E-state index in [1.54, 1.807) is 6.07 Å². The zero-order chi connectivity index (χ0) is 18.7. The second-order valence-corrected chi connectivity index (χ2v) is 7.07. The monoisotopic (exact) mass is 375 g/mol. The van der Waals surface area contributed by atoms with E-state index in [0.29, 0.717) is 10.6 Å². The zero-order valence-electron chi connectivity index (χ0n) is 13.8. The molecule has 0 aliphatic rings. The van der Waals surface area contributed by atoms with Crippen LogP contribution < -0.4 is 5.32 Å². The summed E-state index contributed by atoms with van der Waals surface area (Å²) < 4.78 is 28.9. The standard InChI is InChI=1S/C17H15F2N5OS/c1-11-4-12(6-20)16(26-11)22-7-17(25,8-24-10-21-9-23-24)14-3-2-13(18)5-15(14)19/h2-5,9-10,22,25H,7-8H2,1H3/t17-/m0/s1. The van der Waals surface area contributed by atoms with Gasteiger partial charge in [-0.15, -0.1) is 11.3 Å². The van der Waals surface area contributed by atoms with Crippen molar-refractivity contribution in [2.24, 2.45) is 0 Å². The second-order valence-electron chi connectivity index (χ2n) is 5.81. The summed E-state index contributed by atoms with van der Waals surface area (Å²) in [4.78, 5) is 4.74. The minimum atomic E-state index is -1.74. The summed E-state index contributed by atoms with van der Waals surface area (Å²) in [5.74, 6) is -1.60. The van der Waals surface area contributed by atoms with Crippen molar-refractivity contribution in [1.29, 1.82) is 5.26 Å². The Kier molecular flexibility index (Phi) is 4.97. The largest absolute Gasteiger partial charge is 0.381 e. The molecule has 0 saturated carbocycles. The molecule has 3 aromatic rings. The Morgan fingerprint density at radius 1 is 1.38 bits per heavy atom. The van der Waals surface area contributed by atoms with Gasteiger partial charge in [0.25, 0.3) is 0 Å². The summed E-state index contributed by atoms with van der Waals surface area (Å²) in [6, 6.07) is 6.80. The SMILES string of the molecule is Cc1cc(C#N)c(NC[C@](O)(Cn2cncn2)c2ccc(F)cc2F)s1. The minimum Gasteiger partial charge on any atom is -0.381 e. The molecule has 134 valence electrons. The second kappa shape index (κ2) is 7.19. The van der Waals surface area contributed by atoms with Crippen LogP contribution in [0.1, 0.15) is 16.0 Å². The number of anilines is 1. The van der Waals surface area contributed by atoms with Crippen molar-refractivity contribution in [3.63, 3.8) is 0 Å². The maximum atomic E-state index is 14.3. The summed E-state index contributed by atoms with van der Waals surface area (Å²) in [6.45, 7) is 1.65. The van der Waals surface area contributed by atoms with Gasteiger partial charge in [0.1, 0.15) is 41.0 Å². The number of nitrogens with zero attached hydrogens (tertiary/aromatic N) is 4. The first-order valence-electron chi connectivity index (χ1n) is 7.66. The molecule has 3 rings (SSSR count). The smallest absolute Gasteiger partial charge is 0.137 e. The van der Waals surface area contributed by atoms with Crippen molar-refractivity contribution in [2.75, 3.05) is 11.9 Å². The molecule has 0 aliphatic carbocycles. The molecule has 0 bridgehead atoms. The molecule has 9 heteroatoms. The lowest BCUT2D eigenvalue weighted by molar-refractivity contribution is 0.0248. The van der Waals surface area contributed by atoms with Gasteiger partial charge in [0, 0.05) is 16.5 Å². The van der Waals surface area contributed by atoms with Crippen LogP contribution >= 0.6 is 11.3 Å². The molecular formula is C17H15F2N5OS. The van der Waals surface area contributed by atoms with Crippen LogP contribution in [-0.2, 0) is 12.1 Å². The summed E-state index contributed by atoms with van der Waals surface area (Å²) in [5, 5.41) is 27.9. The molecule has 0 radical (unpaired) electrons. The van der Waals surface area contributed by atoms with Crippen molar-refractivity contribution in [1.82, 2.24) is 14.8 Å². The van der Waals surface area contributed by atoms with Crippen LogP contribution in [0, 0.1) is 29.9 Å². The molecule has 0 unspecified atom stereocenters. The molecule has 0 saturated heterocycles. The first-order chi connectivity index (χ1) is 12.4. The first kappa shape index (κ1) is 18.0. The van der Waals surface area contributed by atoms with Gasteiger partial charge < -0.3 is 10.4 Å². The highest BCUT2D eigenvalue weighted by Crippen LogP contribution is 2.31. The first-order valence-corrected chi connectivity index (χ1v) is 8.47. The predicted molar refractivity (Wildman–Crippen MR) is 92.5 cm³/mol. The van der Waals surface area contributed by atoms with Crippen LogP contribution in [0.4, 0.5) is 13.8 Å². The van der Waals surface area contributed by atoms with Gasteiger partial charge in [0.15, 0.2) is 0 Å². The Hall–Kier alpha value is -2.83. The normalized spacial score (nSPS) is 13.2. The maximum Gasteiger partial charge on any atom is 0.137 e. The average Bonchev–Trinajstić information content (AvgIpc) is 3.21. The van der Waals surface area contributed by atoms with Crippen LogP contribution in [0.25, 0.3) is 0 Å². The maximum absolute atomic E-state index is 14.3. The average molecular weight is 375 g/mol. The summed E-state index contributed by atoms with van der Waals surface area (Å²) >= 11 is 1.36. The van der Waals surface area contributed by atoms with Crippen LogP contribution in [0.15, 0.2) is 36.9 Å². The number of nitrogens with one attached hydrogen (secondary N) is 1. The van der Waals surface area contributed by atoms with Crippen molar-refractivity contribution < 1.29 is 13.9 Å². The van der Waals surface area contributed by atoms with E-state index >= 15 is 0 Å². The number of hydrogen-bond donors (Lipinski definition) is 2. The number of nitriles is 1. The van der Waals surface area contributed by atoms with Crippen LogP contribution in [0.2, 0.25) is 0 Å². The van der Waals surface area contributed by atoms with E-state index in [9.17, 15) is 19.1 Å². The lowest BCUT2D eigenvalue weighted by Gasteiger charge is -2.29. The van der Waals surface area contributed by atoms with E-state index in [4.69, 9.17) is 0 Å². The number of thiophene rings is 1. The molecule has 2 N–H and O–H groups in total. The molecule has 0 fully saturated rings. The lowest BCUT2D eigenvalue weighted by Crippen LogP contribution is -2.39. The third-order valence-electron chi connectivity index (χ3n) is 3.84. The van der Waals surface area contributed by atoms with Gasteiger partial charge in [0.2, 0.25) is 0 Å². The number of rotatable bonds is 6. The molecule has 26 heavy (non-hydrogen) atoms. The molecule has 1 aromatic carbocycles. The van der Waals surface area contributed by atoms with Crippen LogP contribution in [0.5, 0.6) is 0 Å². The number of hydrogen-bond acceptors (Lipinski definition) is 6. The lowest BCUT2D eigenvalue weighted by atomic mass is 9.93. The van der Waals surface area contributed by atoms with E-state index in [2.05, 4.69) is 21.5 Å². The van der Waals surface area contributed by atoms with E-state index in [1.807, 2.05) is 6.92 Å². The fraction of sp³-hybridized carbons (Fsp3) is 0.235. The highest BCUT2D eigenvalue weighted by atomic mass is 32.1. The van der Waals surface area contributed by atoms with Crippen LogP contribution in [0.3, 0.4) is 0 Å². The van der Waals surface area contributed by atoms with Crippen molar-refractivity contribution in [3.05, 3.63) is 64.6 Å². The molecule has 2 aromatic heterocycles. The number of aliphatic hydroxyl groups is 1. The molecular weight excluding hydrogens is 360 g/mol. The molecule has 1 atom stereocenters. The van der Waals surface area contributed by atoms with Gasteiger partial charge in [-0.2, -0.15) is 10.4 Å². The summed E-state index contributed by atoms with van der Waals surface area (Å²) in [7, 11) is 0. The van der Waals surface area contributed by atoms with Gasteiger partial charge in [0.05, 0.1) is 18.7 Å². The Bertz CT molecular complexity index is 951. The highest BCUT2D eigenvalue weighted by molar-refractivity contribution is 7.16. The van der Waals surface area contributed by atoms with E-state index in [-0.39, 0.29) is 18.7 Å². The van der Waals surface area contributed by atoms with Gasteiger partial charge in [-0.3, -0.25) is 0 Å². The number of aromatic nitrogens is 3. The Morgan fingerprint density at radius 2 is 2.19 bits per heavy atom. The van der Waals surface area contributed by atoms with Gasteiger partial charge in [-0.1, -0.05) is 6.07 Å². The molecule has 6 nitrogen and oxygen atoms in total. The summed E-state index contributed by atoms with van der Waals surface area (Å²) in [6.07, 6.45) is 2.69. The third-order valence-corrected chi connectivity index (χ3v) is 4.85. The topological polar surface area (TPSA) is 86.8 Å². The predicted octanol–water partition coefficient (Wildman–Crippen LogP) is 2.80. The van der Waals surface area contributed by atoms with Crippen molar-refractivity contribution in [2.45, 2.75) is 19.1 Å². The highest BCUT2D eigenvalue weighted by Gasteiger charge is 2.34. The van der Waals surface area contributed by atoms with Gasteiger partial charge in [-0.05, 0) is 19.1 Å². The number of aryl methyl sites for hydroxylation is 1. The molecule has 2 heterocycles. The van der Waals surface area contributed by atoms with Gasteiger partial charge in [-0.25, -0.2) is 18.4 Å². The molecule has 0 amide bonds.